The van der Waals surface area contributed by atoms with Crippen LogP contribution in [0.1, 0.15) is 11.1 Å². The number of ether oxygens (including phenoxy) is 4. The summed E-state index contributed by atoms with van der Waals surface area (Å²) in [6, 6.07) is 11.5. The van der Waals surface area contributed by atoms with Gasteiger partial charge in [0, 0.05) is 31.3 Å². The number of nitrogens with zero attached hydrogens (tertiary/aromatic N) is 1. The Kier molecular flexibility index (Phi) is 10.3. The van der Waals surface area contributed by atoms with Crippen molar-refractivity contribution >= 4 is 29.9 Å². The molecule has 0 fully saturated rings. The van der Waals surface area contributed by atoms with E-state index in [2.05, 4.69) is 15.6 Å². The van der Waals surface area contributed by atoms with Crippen molar-refractivity contribution in [2.24, 2.45) is 4.99 Å². The third-order valence-corrected chi connectivity index (χ3v) is 4.11. The van der Waals surface area contributed by atoms with Crippen molar-refractivity contribution in [3.8, 4) is 23.0 Å². The minimum absolute atomic E-state index is 0. The van der Waals surface area contributed by atoms with Crippen LogP contribution >= 0.6 is 24.0 Å². The third kappa shape index (κ3) is 6.08. The SMILES string of the molecule is CN=C(NCc1ccccc1OC)NCc1c(OC)cc(OC)cc1OC.I. The lowest BCUT2D eigenvalue weighted by Crippen LogP contribution is -2.36. The van der Waals surface area contributed by atoms with E-state index >= 15 is 0 Å². The molecule has 0 atom stereocenters. The molecule has 0 aliphatic heterocycles. The van der Waals surface area contributed by atoms with E-state index in [9.17, 15) is 0 Å². The van der Waals surface area contributed by atoms with Crippen LogP contribution in [0.2, 0.25) is 0 Å². The van der Waals surface area contributed by atoms with Crippen LogP contribution in [0.5, 0.6) is 23.0 Å². The van der Waals surface area contributed by atoms with E-state index in [1.165, 1.54) is 0 Å². The molecule has 2 N–H and O–H groups in total. The number of hydrogen-bond donors (Lipinski definition) is 2. The molecule has 0 amide bonds. The molecule has 0 saturated heterocycles. The molecular formula is C20H28IN3O4. The molecule has 0 radical (unpaired) electrons. The fourth-order valence-electron chi connectivity index (χ4n) is 2.67. The largest absolute Gasteiger partial charge is 0.496 e. The molecule has 0 unspecified atom stereocenters. The number of para-hydroxylation sites is 1. The van der Waals surface area contributed by atoms with Gasteiger partial charge in [-0.25, -0.2) is 0 Å². The van der Waals surface area contributed by atoms with Crippen LogP contribution in [-0.4, -0.2) is 41.4 Å². The van der Waals surface area contributed by atoms with Crippen LogP contribution < -0.4 is 29.6 Å². The van der Waals surface area contributed by atoms with Gasteiger partial charge in [0.25, 0.3) is 0 Å². The Balaban J connectivity index is 0.00000392. The Morgan fingerprint density at radius 1 is 0.821 bits per heavy atom. The Hall–Kier alpha value is -2.36. The van der Waals surface area contributed by atoms with Crippen LogP contribution in [0, 0.1) is 0 Å². The van der Waals surface area contributed by atoms with Crippen LogP contribution in [0.3, 0.4) is 0 Å². The number of methoxy groups -OCH3 is 4. The van der Waals surface area contributed by atoms with Crippen molar-refractivity contribution < 1.29 is 18.9 Å². The van der Waals surface area contributed by atoms with Crippen molar-refractivity contribution in [3.05, 3.63) is 47.5 Å². The van der Waals surface area contributed by atoms with Gasteiger partial charge in [0.2, 0.25) is 0 Å². The van der Waals surface area contributed by atoms with E-state index in [4.69, 9.17) is 18.9 Å². The van der Waals surface area contributed by atoms with E-state index in [0.717, 1.165) is 16.9 Å². The fourth-order valence-corrected chi connectivity index (χ4v) is 2.67. The average Bonchev–Trinajstić information content (AvgIpc) is 2.73. The summed E-state index contributed by atoms with van der Waals surface area (Å²) >= 11 is 0. The second-order valence-corrected chi connectivity index (χ2v) is 5.60. The van der Waals surface area contributed by atoms with Gasteiger partial charge in [-0.3, -0.25) is 4.99 Å². The monoisotopic (exact) mass is 501 g/mol. The average molecular weight is 501 g/mol. The first-order valence-electron chi connectivity index (χ1n) is 8.52. The molecule has 8 heteroatoms. The second-order valence-electron chi connectivity index (χ2n) is 5.60. The molecular weight excluding hydrogens is 473 g/mol. The lowest BCUT2D eigenvalue weighted by Gasteiger charge is -2.17. The van der Waals surface area contributed by atoms with Crippen molar-refractivity contribution in [2.45, 2.75) is 13.1 Å². The standard InChI is InChI=1S/C20H27N3O4.HI/c1-21-20(22-12-14-8-6-7-9-17(14)25-3)23-13-16-18(26-4)10-15(24-2)11-19(16)27-5;/h6-11H,12-13H2,1-5H3,(H2,21,22,23);1H. The molecule has 28 heavy (non-hydrogen) atoms. The summed E-state index contributed by atoms with van der Waals surface area (Å²) in [5, 5.41) is 6.56. The van der Waals surface area contributed by atoms with Gasteiger partial charge >= 0.3 is 0 Å². The van der Waals surface area contributed by atoms with Crippen molar-refractivity contribution in [1.29, 1.82) is 0 Å². The molecule has 0 saturated carbocycles. The Bertz CT molecular complexity index is 759. The van der Waals surface area contributed by atoms with Gasteiger partial charge in [-0.2, -0.15) is 0 Å². The maximum absolute atomic E-state index is 5.48. The molecule has 7 nitrogen and oxygen atoms in total. The number of hydrogen-bond acceptors (Lipinski definition) is 5. The highest BCUT2D eigenvalue weighted by Crippen LogP contribution is 2.33. The minimum Gasteiger partial charge on any atom is -0.496 e. The smallest absolute Gasteiger partial charge is 0.191 e. The number of benzene rings is 2. The van der Waals surface area contributed by atoms with Crippen molar-refractivity contribution in [3.63, 3.8) is 0 Å². The number of halogens is 1. The highest BCUT2D eigenvalue weighted by atomic mass is 127. The van der Waals surface area contributed by atoms with Gasteiger partial charge in [0.1, 0.15) is 23.0 Å². The molecule has 0 bridgehead atoms. The highest BCUT2D eigenvalue weighted by Gasteiger charge is 2.14. The zero-order chi connectivity index (χ0) is 19.6. The van der Waals surface area contributed by atoms with Gasteiger partial charge in [-0.05, 0) is 6.07 Å². The molecule has 0 spiro atoms. The van der Waals surface area contributed by atoms with Crippen molar-refractivity contribution in [1.82, 2.24) is 10.6 Å². The van der Waals surface area contributed by atoms with E-state index in [1.54, 1.807) is 35.5 Å². The first-order valence-corrected chi connectivity index (χ1v) is 8.52. The van der Waals surface area contributed by atoms with Gasteiger partial charge in [0.05, 0.1) is 40.5 Å². The number of aliphatic imine (C=N–C) groups is 1. The molecule has 2 aromatic carbocycles. The maximum atomic E-state index is 5.48. The Morgan fingerprint density at radius 3 is 1.93 bits per heavy atom. The summed E-state index contributed by atoms with van der Waals surface area (Å²) in [5.74, 6) is 3.52. The van der Waals surface area contributed by atoms with Gasteiger partial charge in [0.15, 0.2) is 5.96 Å². The first-order chi connectivity index (χ1) is 13.2. The third-order valence-electron chi connectivity index (χ3n) is 4.11. The molecule has 0 aromatic heterocycles. The Labute approximate surface area is 183 Å². The van der Waals surface area contributed by atoms with Crippen molar-refractivity contribution in [2.75, 3.05) is 35.5 Å². The summed E-state index contributed by atoms with van der Waals surface area (Å²) in [6.45, 7) is 1.06. The van der Waals surface area contributed by atoms with E-state index in [0.29, 0.717) is 36.3 Å². The fraction of sp³-hybridized carbons (Fsp3) is 0.350. The summed E-state index contributed by atoms with van der Waals surface area (Å²) in [7, 11) is 8.23. The van der Waals surface area contributed by atoms with Gasteiger partial charge in [-0.15, -0.1) is 24.0 Å². The molecule has 2 aromatic rings. The van der Waals surface area contributed by atoms with E-state index in [1.807, 2.05) is 36.4 Å². The van der Waals surface area contributed by atoms with Gasteiger partial charge in [-0.1, -0.05) is 18.2 Å². The zero-order valence-electron chi connectivity index (χ0n) is 16.9. The highest BCUT2D eigenvalue weighted by molar-refractivity contribution is 14.0. The van der Waals surface area contributed by atoms with Crippen LogP contribution in [0.25, 0.3) is 0 Å². The number of guanidine groups is 1. The molecule has 2 rings (SSSR count). The summed E-state index contributed by atoms with van der Waals surface area (Å²) in [4.78, 5) is 4.27. The van der Waals surface area contributed by atoms with Crippen LogP contribution in [0.15, 0.2) is 41.4 Å². The zero-order valence-corrected chi connectivity index (χ0v) is 19.2. The lowest BCUT2D eigenvalue weighted by molar-refractivity contribution is 0.368. The van der Waals surface area contributed by atoms with Crippen LogP contribution in [0.4, 0.5) is 0 Å². The molecule has 154 valence electrons. The Morgan fingerprint density at radius 2 is 1.39 bits per heavy atom. The first kappa shape index (κ1) is 23.7. The van der Waals surface area contributed by atoms with E-state index in [-0.39, 0.29) is 24.0 Å². The minimum atomic E-state index is 0. The second kappa shape index (κ2) is 12.2. The van der Waals surface area contributed by atoms with E-state index < -0.39 is 0 Å². The summed E-state index contributed by atoms with van der Waals surface area (Å²) in [6.07, 6.45) is 0. The summed E-state index contributed by atoms with van der Waals surface area (Å²) < 4.78 is 21.6. The molecule has 0 heterocycles. The normalized spacial score (nSPS) is 10.5. The predicted octanol–water partition coefficient (Wildman–Crippen LogP) is 3.20. The lowest BCUT2D eigenvalue weighted by atomic mass is 10.1. The number of nitrogens with one attached hydrogen (secondary N) is 2. The maximum Gasteiger partial charge on any atom is 0.191 e. The molecule has 0 aliphatic carbocycles. The van der Waals surface area contributed by atoms with Crippen LogP contribution in [-0.2, 0) is 13.1 Å². The summed E-state index contributed by atoms with van der Waals surface area (Å²) in [5.41, 5.74) is 1.92. The quantitative estimate of drug-likeness (QED) is 0.329. The van der Waals surface area contributed by atoms with Gasteiger partial charge < -0.3 is 29.6 Å². The molecule has 0 aliphatic rings. The predicted molar refractivity (Wildman–Crippen MR) is 122 cm³/mol. The topological polar surface area (TPSA) is 73.3 Å². The number of rotatable bonds is 8.